The van der Waals surface area contributed by atoms with E-state index in [4.69, 9.17) is 0 Å². The van der Waals surface area contributed by atoms with Crippen molar-refractivity contribution in [2.75, 3.05) is 6.54 Å². The molecule has 2 aliphatic rings. The van der Waals surface area contributed by atoms with Gasteiger partial charge < -0.3 is 5.32 Å². The van der Waals surface area contributed by atoms with Crippen LogP contribution in [0.25, 0.3) is 0 Å². The number of benzene rings is 2. The lowest BCUT2D eigenvalue weighted by Gasteiger charge is -2.23. The van der Waals surface area contributed by atoms with Crippen molar-refractivity contribution in [1.29, 1.82) is 0 Å². The fourth-order valence-electron chi connectivity index (χ4n) is 3.70. The van der Waals surface area contributed by atoms with Gasteiger partial charge in [-0.15, -0.1) is 0 Å². The average Bonchev–Trinajstić information content (AvgIpc) is 3.43. The molecule has 4 rings (SSSR count). The quantitative estimate of drug-likeness (QED) is 0.832. The Morgan fingerprint density at radius 1 is 1.04 bits per heavy atom. The molecule has 0 bridgehead atoms. The lowest BCUT2D eigenvalue weighted by Crippen LogP contribution is -2.45. The van der Waals surface area contributed by atoms with Crippen LogP contribution < -0.4 is 5.32 Å². The SMILES string of the molecule is O=C(NCc1cccc(C2CC2)c1)C1CCCN1S(=O)(=O)c1ccccc1. The summed E-state index contributed by atoms with van der Waals surface area (Å²) in [5, 5.41) is 2.94. The molecule has 1 aliphatic heterocycles. The van der Waals surface area contributed by atoms with Crippen LogP contribution in [0.1, 0.15) is 42.7 Å². The zero-order valence-electron chi connectivity index (χ0n) is 15.2. The minimum Gasteiger partial charge on any atom is -0.351 e. The van der Waals surface area contributed by atoms with Crippen molar-refractivity contribution in [3.8, 4) is 0 Å². The summed E-state index contributed by atoms with van der Waals surface area (Å²) in [4.78, 5) is 13.0. The molecule has 1 saturated carbocycles. The Hall–Kier alpha value is -2.18. The second-order valence-electron chi connectivity index (χ2n) is 7.32. The number of hydrogen-bond acceptors (Lipinski definition) is 3. The van der Waals surface area contributed by atoms with Gasteiger partial charge >= 0.3 is 0 Å². The maximum absolute atomic E-state index is 12.9. The second-order valence-corrected chi connectivity index (χ2v) is 9.21. The van der Waals surface area contributed by atoms with E-state index in [1.807, 2.05) is 12.1 Å². The molecule has 1 amide bonds. The molecule has 1 saturated heterocycles. The van der Waals surface area contributed by atoms with Gasteiger partial charge in [-0.2, -0.15) is 4.31 Å². The largest absolute Gasteiger partial charge is 0.351 e. The Labute approximate surface area is 160 Å². The van der Waals surface area contributed by atoms with E-state index in [1.165, 1.54) is 22.7 Å². The Morgan fingerprint density at radius 2 is 1.81 bits per heavy atom. The minimum atomic E-state index is -3.65. The van der Waals surface area contributed by atoms with Crippen LogP contribution in [0.4, 0.5) is 0 Å². The summed E-state index contributed by atoms with van der Waals surface area (Å²) in [5.74, 6) is 0.450. The topological polar surface area (TPSA) is 66.5 Å². The first-order valence-corrected chi connectivity index (χ1v) is 10.9. The summed E-state index contributed by atoms with van der Waals surface area (Å²) in [6, 6.07) is 16.0. The molecular weight excluding hydrogens is 360 g/mol. The van der Waals surface area contributed by atoms with Gasteiger partial charge in [-0.3, -0.25) is 4.79 Å². The van der Waals surface area contributed by atoms with Crippen LogP contribution in [0.3, 0.4) is 0 Å². The molecule has 1 heterocycles. The standard InChI is InChI=1S/C21H24N2O3S/c24-21(22-15-16-6-4-7-18(14-16)17-11-12-17)20-10-5-13-23(20)27(25,26)19-8-2-1-3-9-19/h1-4,6-9,14,17,20H,5,10-13,15H2,(H,22,24). The van der Waals surface area contributed by atoms with Crippen molar-refractivity contribution in [3.05, 3.63) is 65.7 Å². The zero-order valence-corrected chi connectivity index (χ0v) is 16.0. The van der Waals surface area contributed by atoms with Crippen LogP contribution in [-0.2, 0) is 21.4 Å². The second kappa shape index (κ2) is 7.44. The molecule has 1 atom stereocenters. The molecule has 6 heteroatoms. The van der Waals surface area contributed by atoms with Gasteiger partial charge in [-0.25, -0.2) is 8.42 Å². The molecule has 5 nitrogen and oxygen atoms in total. The summed E-state index contributed by atoms with van der Waals surface area (Å²) in [7, 11) is -3.65. The Bertz CT molecular complexity index is 923. The highest BCUT2D eigenvalue weighted by atomic mass is 32.2. The van der Waals surface area contributed by atoms with Crippen LogP contribution in [0.2, 0.25) is 0 Å². The maximum Gasteiger partial charge on any atom is 0.243 e. The number of hydrogen-bond donors (Lipinski definition) is 1. The number of carbonyl (C=O) groups excluding carboxylic acids is 1. The molecule has 0 radical (unpaired) electrons. The number of amides is 1. The minimum absolute atomic E-state index is 0.219. The predicted octanol–water partition coefficient (Wildman–Crippen LogP) is 3.03. The van der Waals surface area contributed by atoms with Crippen molar-refractivity contribution >= 4 is 15.9 Å². The van der Waals surface area contributed by atoms with Crippen LogP contribution in [0.5, 0.6) is 0 Å². The van der Waals surface area contributed by atoms with Gasteiger partial charge in [0.25, 0.3) is 0 Å². The number of rotatable bonds is 6. The van der Waals surface area contributed by atoms with E-state index in [9.17, 15) is 13.2 Å². The smallest absolute Gasteiger partial charge is 0.243 e. The molecule has 0 spiro atoms. The van der Waals surface area contributed by atoms with Crippen LogP contribution >= 0.6 is 0 Å². The molecular formula is C21H24N2O3S. The van der Waals surface area contributed by atoms with E-state index in [2.05, 4.69) is 17.4 Å². The summed E-state index contributed by atoms with van der Waals surface area (Å²) in [6.45, 7) is 0.807. The lowest BCUT2D eigenvalue weighted by molar-refractivity contribution is -0.124. The van der Waals surface area contributed by atoms with Gasteiger partial charge in [0.1, 0.15) is 6.04 Å². The van der Waals surface area contributed by atoms with Gasteiger partial charge in [0.2, 0.25) is 15.9 Å². The van der Waals surface area contributed by atoms with Crippen molar-refractivity contribution in [1.82, 2.24) is 9.62 Å². The highest BCUT2D eigenvalue weighted by Crippen LogP contribution is 2.40. The van der Waals surface area contributed by atoms with Crippen LogP contribution in [0.15, 0.2) is 59.5 Å². The molecule has 0 aromatic heterocycles. The van der Waals surface area contributed by atoms with Gasteiger partial charge in [0.05, 0.1) is 4.90 Å². The van der Waals surface area contributed by atoms with Crippen molar-refractivity contribution in [2.45, 2.75) is 49.1 Å². The molecule has 2 aromatic rings. The van der Waals surface area contributed by atoms with Gasteiger partial charge in [0.15, 0.2) is 0 Å². The lowest BCUT2D eigenvalue weighted by atomic mass is 10.1. The maximum atomic E-state index is 12.9. The number of carbonyl (C=O) groups is 1. The van der Waals surface area contributed by atoms with Crippen molar-refractivity contribution < 1.29 is 13.2 Å². The fourth-order valence-corrected chi connectivity index (χ4v) is 5.38. The Balaban J connectivity index is 1.44. The Morgan fingerprint density at radius 3 is 2.56 bits per heavy atom. The molecule has 1 N–H and O–H groups in total. The summed E-state index contributed by atoms with van der Waals surface area (Å²) in [6.07, 6.45) is 3.73. The number of nitrogens with one attached hydrogen (secondary N) is 1. The van der Waals surface area contributed by atoms with Gasteiger partial charge in [-0.05, 0) is 54.9 Å². The molecule has 27 heavy (non-hydrogen) atoms. The predicted molar refractivity (Wildman–Crippen MR) is 104 cm³/mol. The summed E-state index contributed by atoms with van der Waals surface area (Å²) < 4.78 is 27.1. The first kappa shape index (κ1) is 18.2. The first-order chi connectivity index (χ1) is 13.1. The van der Waals surface area contributed by atoms with Gasteiger partial charge in [-0.1, -0.05) is 42.5 Å². The van der Waals surface area contributed by atoms with Gasteiger partial charge in [0, 0.05) is 13.1 Å². The van der Waals surface area contributed by atoms with E-state index in [1.54, 1.807) is 30.3 Å². The van der Waals surface area contributed by atoms with Crippen LogP contribution in [-0.4, -0.2) is 31.2 Å². The normalized spacial score (nSPS) is 20.5. The third-order valence-electron chi connectivity index (χ3n) is 5.32. The molecule has 2 fully saturated rings. The number of sulfonamides is 1. The third kappa shape index (κ3) is 3.92. The number of nitrogens with zero attached hydrogens (tertiary/aromatic N) is 1. The van der Waals surface area contributed by atoms with E-state index >= 15 is 0 Å². The highest BCUT2D eigenvalue weighted by molar-refractivity contribution is 7.89. The van der Waals surface area contributed by atoms with Crippen molar-refractivity contribution in [2.24, 2.45) is 0 Å². The van der Waals surface area contributed by atoms with E-state index in [-0.39, 0.29) is 10.8 Å². The van der Waals surface area contributed by atoms with Crippen LogP contribution in [0, 0.1) is 0 Å². The summed E-state index contributed by atoms with van der Waals surface area (Å²) in [5.41, 5.74) is 2.39. The molecule has 1 unspecified atom stereocenters. The molecule has 1 aliphatic carbocycles. The van der Waals surface area contributed by atoms with E-state index < -0.39 is 16.1 Å². The Kier molecular flexibility index (Phi) is 5.02. The van der Waals surface area contributed by atoms with Crippen molar-refractivity contribution in [3.63, 3.8) is 0 Å². The van der Waals surface area contributed by atoms with E-state index in [0.29, 0.717) is 31.8 Å². The molecule has 2 aromatic carbocycles. The van der Waals surface area contributed by atoms with E-state index in [0.717, 1.165) is 5.56 Å². The fraction of sp³-hybridized carbons (Fsp3) is 0.381. The first-order valence-electron chi connectivity index (χ1n) is 9.49. The third-order valence-corrected chi connectivity index (χ3v) is 7.25. The zero-order chi connectivity index (χ0) is 18.9. The molecule has 142 valence electrons. The summed E-state index contributed by atoms with van der Waals surface area (Å²) >= 11 is 0. The average molecular weight is 385 g/mol. The monoisotopic (exact) mass is 384 g/mol. The highest BCUT2D eigenvalue weighted by Gasteiger charge is 2.39.